The molecule has 1 aliphatic heterocycles. The van der Waals surface area contributed by atoms with Gasteiger partial charge < -0.3 is 20.1 Å². The predicted molar refractivity (Wildman–Crippen MR) is 67.6 cm³/mol. The van der Waals surface area contributed by atoms with E-state index in [-0.39, 0.29) is 13.2 Å². The van der Waals surface area contributed by atoms with Crippen LogP contribution in [0, 0.1) is 0 Å². The SMILES string of the molecule is O=C(OCc1ccccc1)C1CN(C(=O)O)CCN1. The summed E-state index contributed by atoms with van der Waals surface area (Å²) >= 11 is 0. The second-order valence-corrected chi connectivity index (χ2v) is 4.33. The van der Waals surface area contributed by atoms with Crippen LogP contribution in [-0.4, -0.2) is 47.7 Å². The van der Waals surface area contributed by atoms with Crippen LogP contribution in [-0.2, 0) is 16.1 Å². The zero-order valence-electron chi connectivity index (χ0n) is 10.4. The number of ether oxygens (including phenoxy) is 1. The first-order chi connectivity index (χ1) is 9.16. The topological polar surface area (TPSA) is 78.9 Å². The molecule has 0 bridgehead atoms. The molecule has 19 heavy (non-hydrogen) atoms. The lowest BCUT2D eigenvalue weighted by atomic mass is 10.2. The van der Waals surface area contributed by atoms with Crippen LogP contribution in [0.5, 0.6) is 0 Å². The molecule has 1 aromatic rings. The van der Waals surface area contributed by atoms with Crippen molar-refractivity contribution in [1.82, 2.24) is 10.2 Å². The van der Waals surface area contributed by atoms with Gasteiger partial charge in [0.2, 0.25) is 0 Å². The minimum Gasteiger partial charge on any atom is -0.465 e. The highest BCUT2D eigenvalue weighted by molar-refractivity contribution is 5.77. The molecule has 1 aromatic carbocycles. The molecule has 2 N–H and O–H groups in total. The van der Waals surface area contributed by atoms with Crippen molar-refractivity contribution in [2.24, 2.45) is 0 Å². The molecular formula is C13H16N2O4. The Bertz CT molecular complexity index is 449. The molecular weight excluding hydrogens is 248 g/mol. The molecule has 0 aliphatic carbocycles. The van der Waals surface area contributed by atoms with E-state index in [9.17, 15) is 9.59 Å². The Morgan fingerprint density at radius 1 is 1.37 bits per heavy atom. The fraction of sp³-hybridized carbons (Fsp3) is 0.385. The van der Waals surface area contributed by atoms with Gasteiger partial charge >= 0.3 is 12.1 Å². The molecule has 1 heterocycles. The first-order valence-corrected chi connectivity index (χ1v) is 6.08. The largest absolute Gasteiger partial charge is 0.465 e. The van der Waals surface area contributed by atoms with Crippen molar-refractivity contribution in [2.75, 3.05) is 19.6 Å². The van der Waals surface area contributed by atoms with Gasteiger partial charge in [-0.1, -0.05) is 30.3 Å². The van der Waals surface area contributed by atoms with Crippen molar-refractivity contribution in [2.45, 2.75) is 12.6 Å². The lowest BCUT2D eigenvalue weighted by Gasteiger charge is -2.30. The molecule has 1 unspecified atom stereocenters. The third kappa shape index (κ3) is 3.69. The Kier molecular flexibility index (Phi) is 4.35. The summed E-state index contributed by atoms with van der Waals surface area (Å²) < 4.78 is 5.17. The summed E-state index contributed by atoms with van der Waals surface area (Å²) in [5.41, 5.74) is 0.904. The molecule has 1 amide bonds. The van der Waals surface area contributed by atoms with E-state index in [0.29, 0.717) is 13.1 Å². The van der Waals surface area contributed by atoms with Crippen LogP contribution in [0.1, 0.15) is 5.56 Å². The van der Waals surface area contributed by atoms with Gasteiger partial charge in [0.25, 0.3) is 0 Å². The highest BCUT2D eigenvalue weighted by Gasteiger charge is 2.28. The van der Waals surface area contributed by atoms with Gasteiger partial charge in [-0.2, -0.15) is 0 Å². The van der Waals surface area contributed by atoms with Crippen LogP contribution in [0.3, 0.4) is 0 Å². The first kappa shape index (κ1) is 13.4. The second kappa shape index (κ2) is 6.19. The van der Waals surface area contributed by atoms with Crippen LogP contribution in [0.4, 0.5) is 4.79 Å². The van der Waals surface area contributed by atoms with E-state index in [1.807, 2.05) is 30.3 Å². The third-order valence-corrected chi connectivity index (χ3v) is 2.95. The minimum absolute atomic E-state index is 0.128. The molecule has 1 atom stereocenters. The molecule has 0 radical (unpaired) electrons. The van der Waals surface area contributed by atoms with Crippen molar-refractivity contribution >= 4 is 12.1 Å². The number of nitrogens with one attached hydrogen (secondary N) is 1. The molecule has 0 saturated carbocycles. The summed E-state index contributed by atoms with van der Waals surface area (Å²) in [6.07, 6.45) is -1.01. The smallest absolute Gasteiger partial charge is 0.407 e. The van der Waals surface area contributed by atoms with Crippen molar-refractivity contribution in [1.29, 1.82) is 0 Å². The van der Waals surface area contributed by atoms with Crippen LogP contribution in [0.2, 0.25) is 0 Å². The lowest BCUT2D eigenvalue weighted by Crippen LogP contribution is -2.55. The summed E-state index contributed by atoms with van der Waals surface area (Å²) in [6.45, 7) is 1.17. The van der Waals surface area contributed by atoms with Gasteiger partial charge in [-0.15, -0.1) is 0 Å². The van der Waals surface area contributed by atoms with Crippen molar-refractivity contribution in [3.05, 3.63) is 35.9 Å². The van der Waals surface area contributed by atoms with Crippen LogP contribution in [0.25, 0.3) is 0 Å². The van der Waals surface area contributed by atoms with Gasteiger partial charge in [-0.05, 0) is 5.56 Å². The molecule has 102 valence electrons. The monoisotopic (exact) mass is 264 g/mol. The van der Waals surface area contributed by atoms with Crippen LogP contribution in [0.15, 0.2) is 30.3 Å². The molecule has 2 rings (SSSR count). The summed E-state index contributed by atoms with van der Waals surface area (Å²) in [6, 6.07) is 8.77. The average Bonchev–Trinajstić information content (AvgIpc) is 2.46. The fourth-order valence-electron chi connectivity index (χ4n) is 1.91. The summed E-state index contributed by atoms with van der Waals surface area (Å²) in [7, 11) is 0. The number of nitrogens with zero attached hydrogens (tertiary/aromatic N) is 1. The first-order valence-electron chi connectivity index (χ1n) is 6.08. The molecule has 6 nitrogen and oxygen atoms in total. The highest BCUT2D eigenvalue weighted by Crippen LogP contribution is 2.05. The van der Waals surface area contributed by atoms with E-state index in [1.54, 1.807) is 0 Å². The number of benzene rings is 1. The third-order valence-electron chi connectivity index (χ3n) is 2.95. The highest BCUT2D eigenvalue weighted by atomic mass is 16.5. The van der Waals surface area contributed by atoms with Gasteiger partial charge in [-0.25, -0.2) is 4.79 Å². The van der Waals surface area contributed by atoms with Crippen LogP contribution >= 0.6 is 0 Å². The van der Waals surface area contributed by atoms with E-state index < -0.39 is 18.1 Å². The number of piperazine rings is 1. The lowest BCUT2D eigenvalue weighted by molar-refractivity contribution is -0.148. The Balaban J connectivity index is 1.84. The standard InChI is InChI=1S/C13H16N2O4/c16-12(19-9-10-4-2-1-3-5-10)11-8-15(13(17)18)7-6-14-11/h1-5,11,14H,6-9H2,(H,17,18). The van der Waals surface area contributed by atoms with Gasteiger partial charge in [0.1, 0.15) is 12.6 Å². The van der Waals surface area contributed by atoms with Crippen molar-refractivity contribution in [3.8, 4) is 0 Å². The summed E-state index contributed by atoms with van der Waals surface area (Å²) in [4.78, 5) is 23.9. The molecule has 0 aromatic heterocycles. The number of hydrogen-bond acceptors (Lipinski definition) is 4. The molecule has 1 aliphatic rings. The molecule has 6 heteroatoms. The van der Waals surface area contributed by atoms with E-state index in [1.165, 1.54) is 4.90 Å². The van der Waals surface area contributed by atoms with Gasteiger partial charge in [0, 0.05) is 13.1 Å². The Morgan fingerprint density at radius 3 is 2.79 bits per heavy atom. The van der Waals surface area contributed by atoms with Gasteiger partial charge in [0.05, 0.1) is 6.54 Å². The number of carbonyl (C=O) groups excluding carboxylic acids is 1. The zero-order valence-corrected chi connectivity index (χ0v) is 10.4. The second-order valence-electron chi connectivity index (χ2n) is 4.33. The van der Waals surface area contributed by atoms with E-state index in [4.69, 9.17) is 9.84 Å². The van der Waals surface area contributed by atoms with Crippen LogP contribution < -0.4 is 5.32 Å². The molecule has 1 fully saturated rings. The number of hydrogen-bond donors (Lipinski definition) is 2. The zero-order chi connectivity index (χ0) is 13.7. The molecule has 1 saturated heterocycles. The predicted octanol–water partition coefficient (Wildman–Crippen LogP) is 0.682. The maximum atomic E-state index is 11.8. The number of carbonyl (C=O) groups is 2. The van der Waals surface area contributed by atoms with Gasteiger partial charge in [0.15, 0.2) is 0 Å². The Labute approximate surface area is 111 Å². The van der Waals surface area contributed by atoms with Crippen molar-refractivity contribution < 1.29 is 19.4 Å². The molecule has 0 spiro atoms. The van der Waals surface area contributed by atoms with E-state index in [2.05, 4.69) is 5.32 Å². The number of carboxylic acid groups (broad SMARTS) is 1. The Hall–Kier alpha value is -2.08. The normalized spacial score (nSPS) is 18.9. The summed E-state index contributed by atoms with van der Waals surface area (Å²) in [5.74, 6) is -0.421. The number of rotatable bonds is 3. The quantitative estimate of drug-likeness (QED) is 0.785. The Morgan fingerprint density at radius 2 is 2.11 bits per heavy atom. The fourth-order valence-corrected chi connectivity index (χ4v) is 1.91. The maximum absolute atomic E-state index is 11.8. The minimum atomic E-state index is -1.01. The summed E-state index contributed by atoms with van der Waals surface area (Å²) in [5, 5.41) is 11.9. The maximum Gasteiger partial charge on any atom is 0.407 e. The van der Waals surface area contributed by atoms with E-state index >= 15 is 0 Å². The number of esters is 1. The van der Waals surface area contributed by atoms with E-state index in [0.717, 1.165) is 5.56 Å². The number of amides is 1. The van der Waals surface area contributed by atoms with Crippen molar-refractivity contribution in [3.63, 3.8) is 0 Å². The average molecular weight is 264 g/mol. The van der Waals surface area contributed by atoms with Gasteiger partial charge in [-0.3, -0.25) is 4.79 Å².